The maximum atomic E-state index is 11.7. The quantitative estimate of drug-likeness (QED) is 0.607. The highest BCUT2D eigenvalue weighted by atomic mass is 16.5. The maximum absolute atomic E-state index is 11.7. The summed E-state index contributed by atoms with van der Waals surface area (Å²) in [6.45, 7) is 9.25. The van der Waals surface area contributed by atoms with E-state index in [9.17, 15) is 4.79 Å². The molecule has 3 heteroatoms. The van der Waals surface area contributed by atoms with Crippen molar-refractivity contribution in [1.29, 1.82) is 0 Å². The molecule has 2 rings (SSSR count). The Hall–Kier alpha value is -1.82. The van der Waals surface area contributed by atoms with Crippen LogP contribution in [0.15, 0.2) is 24.3 Å². The van der Waals surface area contributed by atoms with Crippen molar-refractivity contribution in [3.63, 3.8) is 0 Å². The van der Waals surface area contributed by atoms with Crippen molar-refractivity contribution in [3.05, 3.63) is 41.2 Å². The summed E-state index contributed by atoms with van der Waals surface area (Å²) in [6, 6.07) is 7.76. The van der Waals surface area contributed by atoms with Crippen LogP contribution in [-0.2, 0) is 16.0 Å². The smallest absolute Gasteiger partial charge is 0.308 e. The van der Waals surface area contributed by atoms with Gasteiger partial charge in [0.15, 0.2) is 5.69 Å². The normalized spacial score (nSPS) is 21.9. The molecule has 2 atom stereocenters. The first-order valence-electron chi connectivity index (χ1n) is 6.86. The molecule has 0 spiro atoms. The number of rotatable bonds is 4. The fourth-order valence-corrected chi connectivity index (χ4v) is 2.77. The molecule has 1 aromatic rings. The molecule has 100 valence electrons. The Morgan fingerprint density at radius 3 is 2.74 bits per heavy atom. The highest BCUT2D eigenvalue weighted by Gasteiger charge is 2.30. The Morgan fingerprint density at radius 1 is 1.37 bits per heavy atom. The van der Waals surface area contributed by atoms with Crippen LogP contribution in [0.25, 0.3) is 4.85 Å². The molecule has 1 aromatic carbocycles. The van der Waals surface area contributed by atoms with Gasteiger partial charge in [0.25, 0.3) is 0 Å². The zero-order valence-corrected chi connectivity index (χ0v) is 11.3. The van der Waals surface area contributed by atoms with Crippen LogP contribution >= 0.6 is 0 Å². The summed E-state index contributed by atoms with van der Waals surface area (Å²) in [5, 5.41) is 0. The second-order valence-electron chi connectivity index (χ2n) is 5.11. The van der Waals surface area contributed by atoms with E-state index >= 15 is 0 Å². The number of hydrogen-bond donors (Lipinski definition) is 0. The third-order valence-electron chi connectivity index (χ3n) is 3.75. The minimum atomic E-state index is -0.0339. The molecule has 0 amide bonds. The topological polar surface area (TPSA) is 30.7 Å². The second-order valence-corrected chi connectivity index (χ2v) is 5.11. The first-order chi connectivity index (χ1) is 9.22. The first kappa shape index (κ1) is 13.6. The SMILES string of the molecule is [C-]#[N+]c1ccc(C[C@H]2CC[C@@H](C(=O)OCC)C2)cc1. The molecule has 0 aliphatic heterocycles. The second kappa shape index (κ2) is 6.38. The molecule has 0 saturated heterocycles. The monoisotopic (exact) mass is 257 g/mol. The largest absolute Gasteiger partial charge is 0.466 e. The molecule has 1 aliphatic carbocycles. The van der Waals surface area contributed by atoms with Gasteiger partial charge in [-0.25, -0.2) is 4.85 Å². The fourth-order valence-electron chi connectivity index (χ4n) is 2.77. The van der Waals surface area contributed by atoms with Gasteiger partial charge in [-0.15, -0.1) is 0 Å². The van der Waals surface area contributed by atoms with Crippen LogP contribution in [0.4, 0.5) is 5.69 Å². The maximum Gasteiger partial charge on any atom is 0.308 e. The summed E-state index contributed by atoms with van der Waals surface area (Å²) in [4.78, 5) is 15.1. The van der Waals surface area contributed by atoms with Crippen LogP contribution in [0.5, 0.6) is 0 Å². The molecular formula is C16H19NO2. The standard InChI is InChI=1S/C16H19NO2/c1-3-19-16(18)14-7-4-13(11-14)10-12-5-8-15(17-2)9-6-12/h5-6,8-9,13-14H,3-4,7,10-11H2,1H3/t13-,14-/m1/s1. The van der Waals surface area contributed by atoms with E-state index in [2.05, 4.69) is 4.85 Å². The van der Waals surface area contributed by atoms with E-state index < -0.39 is 0 Å². The van der Waals surface area contributed by atoms with Gasteiger partial charge in [-0.05, 0) is 38.5 Å². The van der Waals surface area contributed by atoms with Crippen LogP contribution in [0.1, 0.15) is 31.7 Å². The number of esters is 1. The van der Waals surface area contributed by atoms with E-state index in [0.717, 1.165) is 25.7 Å². The van der Waals surface area contributed by atoms with Crippen LogP contribution < -0.4 is 0 Å². The average molecular weight is 257 g/mol. The molecule has 0 heterocycles. The Balaban J connectivity index is 1.87. The Labute approximate surface area is 114 Å². The fraction of sp³-hybridized carbons (Fsp3) is 0.500. The molecule has 0 unspecified atom stereocenters. The Morgan fingerprint density at radius 2 is 2.11 bits per heavy atom. The molecule has 3 nitrogen and oxygen atoms in total. The van der Waals surface area contributed by atoms with Gasteiger partial charge in [0.05, 0.1) is 19.1 Å². The van der Waals surface area contributed by atoms with Crippen LogP contribution in [0, 0.1) is 18.4 Å². The lowest BCUT2D eigenvalue weighted by Crippen LogP contribution is -2.15. The van der Waals surface area contributed by atoms with E-state index in [0.29, 0.717) is 18.2 Å². The van der Waals surface area contributed by atoms with E-state index in [1.54, 1.807) is 0 Å². The van der Waals surface area contributed by atoms with Gasteiger partial charge in [0.2, 0.25) is 0 Å². The lowest BCUT2D eigenvalue weighted by Gasteiger charge is -2.11. The van der Waals surface area contributed by atoms with Gasteiger partial charge < -0.3 is 4.74 Å². The minimum Gasteiger partial charge on any atom is -0.466 e. The predicted octanol–water partition coefficient (Wildman–Crippen LogP) is 3.76. The number of ether oxygens (including phenoxy) is 1. The van der Waals surface area contributed by atoms with Gasteiger partial charge >= 0.3 is 5.97 Å². The van der Waals surface area contributed by atoms with Crippen molar-refractivity contribution in [2.45, 2.75) is 32.6 Å². The number of nitrogens with zero attached hydrogens (tertiary/aromatic N) is 1. The lowest BCUT2D eigenvalue weighted by atomic mass is 9.96. The molecule has 1 fully saturated rings. The molecular weight excluding hydrogens is 238 g/mol. The lowest BCUT2D eigenvalue weighted by molar-refractivity contribution is -0.147. The summed E-state index contributed by atoms with van der Waals surface area (Å²) in [6.07, 6.45) is 3.97. The van der Waals surface area contributed by atoms with E-state index in [1.165, 1.54) is 5.56 Å². The van der Waals surface area contributed by atoms with Crippen molar-refractivity contribution in [2.75, 3.05) is 6.61 Å². The van der Waals surface area contributed by atoms with E-state index in [4.69, 9.17) is 11.3 Å². The third kappa shape index (κ3) is 3.57. The third-order valence-corrected chi connectivity index (χ3v) is 3.75. The van der Waals surface area contributed by atoms with Crippen molar-refractivity contribution in [3.8, 4) is 0 Å². The molecule has 0 N–H and O–H groups in total. The number of benzene rings is 1. The van der Waals surface area contributed by atoms with E-state index in [1.807, 2.05) is 31.2 Å². The van der Waals surface area contributed by atoms with Gasteiger partial charge in [-0.2, -0.15) is 0 Å². The average Bonchev–Trinajstić information content (AvgIpc) is 2.88. The highest BCUT2D eigenvalue weighted by molar-refractivity contribution is 5.72. The van der Waals surface area contributed by atoms with Crippen molar-refractivity contribution in [1.82, 2.24) is 0 Å². The molecule has 19 heavy (non-hydrogen) atoms. The minimum absolute atomic E-state index is 0.0339. The summed E-state index contributed by atoms with van der Waals surface area (Å²) in [7, 11) is 0. The van der Waals surface area contributed by atoms with Crippen molar-refractivity contribution < 1.29 is 9.53 Å². The molecule has 0 bridgehead atoms. The zero-order valence-electron chi connectivity index (χ0n) is 11.3. The van der Waals surface area contributed by atoms with Crippen molar-refractivity contribution >= 4 is 11.7 Å². The molecule has 1 saturated carbocycles. The number of carbonyl (C=O) groups excluding carboxylic acids is 1. The van der Waals surface area contributed by atoms with E-state index in [-0.39, 0.29) is 11.9 Å². The van der Waals surface area contributed by atoms with Gasteiger partial charge in [0.1, 0.15) is 0 Å². The summed E-state index contributed by atoms with van der Waals surface area (Å²) < 4.78 is 5.08. The predicted molar refractivity (Wildman–Crippen MR) is 73.9 cm³/mol. The number of carbonyl (C=O) groups is 1. The molecule has 0 radical (unpaired) electrons. The highest BCUT2D eigenvalue weighted by Crippen LogP contribution is 2.34. The first-order valence-corrected chi connectivity index (χ1v) is 6.86. The Kier molecular flexibility index (Phi) is 4.57. The van der Waals surface area contributed by atoms with Gasteiger partial charge in [-0.3, -0.25) is 4.79 Å². The summed E-state index contributed by atoms with van der Waals surface area (Å²) in [5.74, 6) is 0.619. The Bertz CT molecular complexity index is 473. The zero-order chi connectivity index (χ0) is 13.7. The van der Waals surface area contributed by atoms with Crippen LogP contribution in [0.3, 0.4) is 0 Å². The van der Waals surface area contributed by atoms with Gasteiger partial charge in [0, 0.05) is 0 Å². The van der Waals surface area contributed by atoms with Gasteiger partial charge in [-0.1, -0.05) is 29.8 Å². The number of hydrogen-bond acceptors (Lipinski definition) is 2. The van der Waals surface area contributed by atoms with Crippen LogP contribution in [0.2, 0.25) is 0 Å². The summed E-state index contributed by atoms with van der Waals surface area (Å²) >= 11 is 0. The van der Waals surface area contributed by atoms with Crippen LogP contribution in [-0.4, -0.2) is 12.6 Å². The molecule has 1 aliphatic rings. The summed E-state index contributed by atoms with van der Waals surface area (Å²) in [5.41, 5.74) is 1.93. The molecule has 0 aromatic heterocycles. The van der Waals surface area contributed by atoms with Crippen molar-refractivity contribution in [2.24, 2.45) is 11.8 Å².